The van der Waals surface area contributed by atoms with Crippen molar-refractivity contribution in [1.29, 1.82) is 0 Å². The highest BCUT2D eigenvalue weighted by Gasteiger charge is 2.19. The monoisotopic (exact) mass is 344 g/mol. The molecule has 2 heterocycles. The van der Waals surface area contributed by atoms with Gasteiger partial charge in [-0.2, -0.15) is 0 Å². The van der Waals surface area contributed by atoms with Crippen molar-refractivity contribution in [2.45, 2.75) is 25.4 Å². The van der Waals surface area contributed by atoms with Gasteiger partial charge in [-0.25, -0.2) is 0 Å². The molecule has 0 aliphatic carbocycles. The molecule has 24 heavy (non-hydrogen) atoms. The van der Waals surface area contributed by atoms with E-state index in [2.05, 4.69) is 27.3 Å². The van der Waals surface area contributed by atoms with E-state index in [0.717, 1.165) is 43.2 Å². The van der Waals surface area contributed by atoms with Crippen molar-refractivity contribution in [3.63, 3.8) is 0 Å². The Morgan fingerprint density at radius 1 is 1.25 bits per heavy atom. The number of nitrogens with zero attached hydrogens (tertiary/aromatic N) is 2. The van der Waals surface area contributed by atoms with Gasteiger partial charge in [0.15, 0.2) is 0 Å². The Bertz CT molecular complexity index is 696. The highest BCUT2D eigenvalue weighted by atomic mass is 35.5. The first-order valence-corrected chi connectivity index (χ1v) is 8.47. The van der Waals surface area contributed by atoms with E-state index >= 15 is 0 Å². The van der Waals surface area contributed by atoms with E-state index in [-0.39, 0.29) is 0 Å². The number of likely N-dealkylation sites (tertiary alicyclic amines) is 1. The molecule has 0 saturated carbocycles. The molecule has 3 rings (SSSR count). The van der Waals surface area contributed by atoms with Crippen molar-refractivity contribution in [3.05, 3.63) is 58.9 Å². The van der Waals surface area contributed by atoms with Crippen LogP contribution in [0.25, 0.3) is 0 Å². The number of anilines is 1. The molecule has 1 aromatic heterocycles. The van der Waals surface area contributed by atoms with Gasteiger partial charge < -0.3 is 11.1 Å². The number of carbonyl (C=O) groups excluding carboxylic acids is 1. The van der Waals surface area contributed by atoms with Crippen LogP contribution in [-0.2, 0) is 6.54 Å². The summed E-state index contributed by atoms with van der Waals surface area (Å²) in [6.45, 7) is 3.02. The highest BCUT2D eigenvalue weighted by Crippen LogP contribution is 2.19. The molecular formula is C18H21ClN4O. The van der Waals surface area contributed by atoms with E-state index in [0.29, 0.717) is 11.7 Å². The number of halogens is 1. The SMILES string of the molecule is NC(=O)c1cc(NC2CCN(Cc3ccc(Cl)cc3)CC2)ccn1. The zero-order chi connectivity index (χ0) is 16.9. The lowest BCUT2D eigenvalue weighted by Gasteiger charge is -2.33. The molecule has 3 N–H and O–H groups in total. The summed E-state index contributed by atoms with van der Waals surface area (Å²) in [5.74, 6) is -0.503. The maximum atomic E-state index is 11.2. The first kappa shape index (κ1) is 16.7. The summed E-state index contributed by atoms with van der Waals surface area (Å²) in [5, 5.41) is 4.25. The van der Waals surface area contributed by atoms with Crippen LogP contribution < -0.4 is 11.1 Å². The number of hydrogen-bond donors (Lipinski definition) is 2. The Kier molecular flexibility index (Phi) is 5.33. The molecule has 0 bridgehead atoms. The molecular weight excluding hydrogens is 324 g/mol. The van der Waals surface area contributed by atoms with Crippen LogP contribution in [-0.4, -0.2) is 34.9 Å². The molecule has 0 atom stereocenters. The molecule has 6 heteroatoms. The number of pyridine rings is 1. The van der Waals surface area contributed by atoms with Crippen molar-refractivity contribution >= 4 is 23.2 Å². The molecule has 1 fully saturated rings. The summed E-state index contributed by atoms with van der Waals surface area (Å²) in [6.07, 6.45) is 3.72. The largest absolute Gasteiger partial charge is 0.382 e. The number of nitrogens with two attached hydrogens (primary N) is 1. The molecule has 2 aromatic rings. The maximum absolute atomic E-state index is 11.2. The molecule has 0 spiro atoms. The van der Waals surface area contributed by atoms with Crippen LogP contribution in [0, 0.1) is 0 Å². The molecule has 1 amide bonds. The van der Waals surface area contributed by atoms with E-state index in [1.165, 1.54) is 5.56 Å². The number of benzene rings is 1. The van der Waals surface area contributed by atoms with Crippen molar-refractivity contribution in [1.82, 2.24) is 9.88 Å². The van der Waals surface area contributed by atoms with Crippen molar-refractivity contribution in [3.8, 4) is 0 Å². The fourth-order valence-corrected chi connectivity index (χ4v) is 3.10. The molecule has 0 radical (unpaired) electrons. The van der Waals surface area contributed by atoms with Gasteiger partial charge in [0.05, 0.1) is 0 Å². The number of rotatable bonds is 5. The van der Waals surface area contributed by atoms with E-state index in [1.807, 2.05) is 18.2 Å². The van der Waals surface area contributed by atoms with E-state index in [4.69, 9.17) is 17.3 Å². The third kappa shape index (κ3) is 4.46. The smallest absolute Gasteiger partial charge is 0.267 e. The summed E-state index contributed by atoms with van der Waals surface area (Å²) in [4.78, 5) is 17.6. The van der Waals surface area contributed by atoms with Gasteiger partial charge in [-0.05, 0) is 42.7 Å². The Morgan fingerprint density at radius 3 is 2.62 bits per heavy atom. The maximum Gasteiger partial charge on any atom is 0.267 e. The van der Waals surface area contributed by atoms with Gasteiger partial charge in [-0.15, -0.1) is 0 Å². The standard InChI is InChI=1S/C18H21ClN4O/c19-14-3-1-13(2-4-14)12-23-9-6-15(7-10-23)22-16-5-8-21-17(11-16)18(20)24/h1-5,8,11,15H,6-7,9-10,12H2,(H2,20,24)(H,21,22). The second kappa shape index (κ2) is 7.64. The first-order chi connectivity index (χ1) is 11.6. The number of amides is 1. The van der Waals surface area contributed by atoms with Gasteiger partial charge in [-0.3, -0.25) is 14.7 Å². The lowest BCUT2D eigenvalue weighted by atomic mass is 10.0. The molecule has 5 nitrogen and oxygen atoms in total. The van der Waals surface area contributed by atoms with Crippen LogP contribution in [0.2, 0.25) is 5.02 Å². The zero-order valence-corrected chi connectivity index (χ0v) is 14.2. The quantitative estimate of drug-likeness (QED) is 0.874. The average Bonchev–Trinajstić information content (AvgIpc) is 2.59. The minimum atomic E-state index is -0.503. The van der Waals surface area contributed by atoms with E-state index in [1.54, 1.807) is 12.3 Å². The summed E-state index contributed by atoms with van der Waals surface area (Å²) >= 11 is 5.93. The number of primary amides is 1. The third-order valence-electron chi connectivity index (χ3n) is 4.29. The molecule has 0 unspecified atom stereocenters. The minimum absolute atomic E-state index is 0.292. The fraction of sp³-hybridized carbons (Fsp3) is 0.333. The molecule has 1 aliphatic rings. The van der Waals surface area contributed by atoms with Gasteiger partial charge in [0, 0.05) is 42.6 Å². The van der Waals surface area contributed by atoms with Crippen LogP contribution in [0.3, 0.4) is 0 Å². The van der Waals surface area contributed by atoms with Crippen LogP contribution in [0.15, 0.2) is 42.6 Å². The molecule has 126 valence electrons. The molecule has 1 aliphatic heterocycles. The lowest BCUT2D eigenvalue weighted by Crippen LogP contribution is -2.38. The van der Waals surface area contributed by atoms with Gasteiger partial charge >= 0.3 is 0 Å². The van der Waals surface area contributed by atoms with Crippen molar-refractivity contribution in [2.24, 2.45) is 5.73 Å². The molecule has 1 aromatic carbocycles. The number of piperidine rings is 1. The van der Waals surface area contributed by atoms with Crippen LogP contribution in [0.1, 0.15) is 28.9 Å². The second-order valence-corrected chi connectivity index (χ2v) is 6.55. The fourth-order valence-electron chi connectivity index (χ4n) is 2.97. The van der Waals surface area contributed by atoms with Crippen molar-refractivity contribution in [2.75, 3.05) is 18.4 Å². The zero-order valence-electron chi connectivity index (χ0n) is 13.4. The number of nitrogens with one attached hydrogen (secondary N) is 1. The highest BCUT2D eigenvalue weighted by molar-refractivity contribution is 6.30. The Balaban J connectivity index is 1.51. The van der Waals surface area contributed by atoms with Crippen LogP contribution in [0.4, 0.5) is 5.69 Å². The predicted octanol–water partition coefficient (Wildman–Crippen LogP) is 2.91. The number of carbonyl (C=O) groups is 1. The number of hydrogen-bond acceptors (Lipinski definition) is 4. The predicted molar refractivity (Wildman–Crippen MR) is 96.1 cm³/mol. The lowest BCUT2D eigenvalue weighted by molar-refractivity contribution is 0.0995. The normalized spacial score (nSPS) is 16.0. The van der Waals surface area contributed by atoms with Gasteiger partial charge in [0.25, 0.3) is 5.91 Å². The van der Waals surface area contributed by atoms with Gasteiger partial charge in [0.2, 0.25) is 0 Å². The summed E-state index contributed by atoms with van der Waals surface area (Å²) in [6, 6.07) is 12.0. The summed E-state index contributed by atoms with van der Waals surface area (Å²) < 4.78 is 0. The van der Waals surface area contributed by atoms with Crippen molar-refractivity contribution < 1.29 is 4.79 Å². The summed E-state index contributed by atoms with van der Waals surface area (Å²) in [7, 11) is 0. The average molecular weight is 345 g/mol. The Morgan fingerprint density at radius 2 is 1.96 bits per heavy atom. The summed E-state index contributed by atoms with van der Waals surface area (Å²) in [5.41, 5.74) is 7.75. The van der Waals surface area contributed by atoms with E-state index in [9.17, 15) is 4.79 Å². The number of aromatic nitrogens is 1. The Hall–Kier alpha value is -2.11. The Labute approximate surface area is 146 Å². The topological polar surface area (TPSA) is 71.2 Å². The molecule has 1 saturated heterocycles. The third-order valence-corrected chi connectivity index (χ3v) is 4.54. The first-order valence-electron chi connectivity index (χ1n) is 8.09. The van der Waals surface area contributed by atoms with E-state index < -0.39 is 5.91 Å². The van der Waals surface area contributed by atoms with Gasteiger partial charge in [0.1, 0.15) is 5.69 Å². The minimum Gasteiger partial charge on any atom is -0.382 e. The second-order valence-electron chi connectivity index (χ2n) is 6.12. The van der Waals surface area contributed by atoms with Crippen LogP contribution in [0.5, 0.6) is 0 Å². The van der Waals surface area contributed by atoms with Gasteiger partial charge in [-0.1, -0.05) is 23.7 Å². The van der Waals surface area contributed by atoms with Crippen LogP contribution >= 0.6 is 11.6 Å².